The van der Waals surface area contributed by atoms with Gasteiger partial charge in [-0.2, -0.15) is 39.5 Å². The van der Waals surface area contributed by atoms with Crippen molar-refractivity contribution in [1.29, 1.82) is 0 Å². The van der Waals surface area contributed by atoms with Gasteiger partial charge < -0.3 is 9.84 Å². The third kappa shape index (κ3) is 7.46. The van der Waals surface area contributed by atoms with Crippen molar-refractivity contribution in [1.82, 2.24) is 4.90 Å². The number of alkyl halides is 9. The zero-order chi connectivity index (χ0) is 37.1. The Balaban J connectivity index is 1.56. The van der Waals surface area contributed by atoms with Crippen molar-refractivity contribution in [2.45, 2.75) is 70.7 Å². The van der Waals surface area contributed by atoms with E-state index in [0.717, 1.165) is 29.2 Å². The monoisotopic (exact) mass is 717 g/mol. The van der Waals surface area contributed by atoms with Gasteiger partial charge in [-0.3, -0.25) is 4.90 Å². The van der Waals surface area contributed by atoms with Crippen molar-refractivity contribution < 1.29 is 63.3 Å². The highest BCUT2D eigenvalue weighted by Crippen LogP contribution is 2.47. The first-order valence-corrected chi connectivity index (χ1v) is 15.2. The fraction of sp³-hybridized carbons (Fsp3) is 0.371. The van der Waals surface area contributed by atoms with E-state index in [2.05, 4.69) is 0 Å². The van der Waals surface area contributed by atoms with Gasteiger partial charge in [-0.25, -0.2) is 14.0 Å². The van der Waals surface area contributed by atoms with Crippen molar-refractivity contribution in [3.63, 3.8) is 0 Å². The molecule has 0 spiro atoms. The fourth-order valence-electron chi connectivity index (χ4n) is 6.49. The van der Waals surface area contributed by atoms with E-state index in [1.54, 1.807) is 0 Å². The maximum Gasteiger partial charge on any atom is 0.417 e. The molecule has 1 heterocycles. The molecule has 1 amide bonds. The van der Waals surface area contributed by atoms with Crippen molar-refractivity contribution >= 4 is 17.6 Å². The number of aromatic carboxylic acids is 1. The summed E-state index contributed by atoms with van der Waals surface area (Å²) in [6.07, 6.45) is -16.8. The van der Waals surface area contributed by atoms with Gasteiger partial charge in [0.15, 0.2) is 0 Å². The van der Waals surface area contributed by atoms with E-state index >= 15 is 4.39 Å². The van der Waals surface area contributed by atoms with Crippen LogP contribution in [-0.4, -0.2) is 34.7 Å². The third-order valence-electron chi connectivity index (χ3n) is 9.04. The van der Waals surface area contributed by atoms with Crippen molar-refractivity contribution in [3.05, 3.63) is 99.4 Å². The van der Waals surface area contributed by atoms with Gasteiger partial charge in [-0.1, -0.05) is 26.0 Å². The predicted molar refractivity (Wildman–Crippen MR) is 160 cm³/mol. The molecule has 2 aliphatic rings. The van der Waals surface area contributed by atoms with Gasteiger partial charge in [0.1, 0.15) is 11.9 Å². The average molecular weight is 718 g/mol. The lowest BCUT2D eigenvalue weighted by Gasteiger charge is -2.35. The molecule has 0 radical (unpaired) electrons. The van der Waals surface area contributed by atoms with Crippen LogP contribution in [0, 0.1) is 11.2 Å². The number of carbonyl (C=O) groups is 2. The second-order valence-electron chi connectivity index (χ2n) is 13.2. The van der Waals surface area contributed by atoms with Crippen LogP contribution in [0.2, 0.25) is 0 Å². The molecule has 5 rings (SSSR count). The van der Waals surface area contributed by atoms with Crippen LogP contribution in [0.3, 0.4) is 0 Å². The summed E-state index contributed by atoms with van der Waals surface area (Å²) in [6, 6.07) is 5.58. The van der Waals surface area contributed by atoms with Crippen LogP contribution in [-0.2, 0) is 23.3 Å². The van der Waals surface area contributed by atoms with Crippen LogP contribution in [0.5, 0.6) is 0 Å². The van der Waals surface area contributed by atoms with E-state index in [4.69, 9.17) is 4.74 Å². The molecule has 2 atom stereocenters. The van der Waals surface area contributed by atoms with Crippen LogP contribution < -0.4 is 0 Å². The maximum atomic E-state index is 15.5. The molecule has 50 heavy (non-hydrogen) atoms. The van der Waals surface area contributed by atoms with Gasteiger partial charge in [0.2, 0.25) is 0 Å². The number of amides is 1. The summed E-state index contributed by atoms with van der Waals surface area (Å²) in [5.41, 5.74) is -5.66. The minimum Gasteiger partial charge on any atom is -0.478 e. The lowest BCUT2D eigenvalue weighted by atomic mass is 9.72. The van der Waals surface area contributed by atoms with E-state index in [9.17, 15) is 54.2 Å². The second kappa shape index (κ2) is 12.6. The number of cyclic esters (lactones) is 1. The highest BCUT2D eigenvalue weighted by molar-refractivity contribution is 5.89. The highest BCUT2D eigenvalue weighted by atomic mass is 19.4. The van der Waals surface area contributed by atoms with Crippen LogP contribution >= 0.6 is 0 Å². The Bertz CT molecular complexity index is 1840. The predicted octanol–water partition coefficient (Wildman–Crippen LogP) is 10.8. The molecule has 0 saturated carbocycles. The molecule has 268 valence electrons. The Morgan fingerprint density at radius 2 is 1.50 bits per heavy atom. The number of ether oxygens (including phenoxy) is 1. The van der Waals surface area contributed by atoms with E-state index in [1.165, 1.54) is 13.0 Å². The minimum absolute atomic E-state index is 0.0370. The lowest BCUT2D eigenvalue weighted by molar-refractivity contribution is -0.143. The summed E-state index contributed by atoms with van der Waals surface area (Å²) in [6.45, 7) is 4.92. The molecule has 1 aliphatic heterocycles. The topological polar surface area (TPSA) is 66.8 Å². The Morgan fingerprint density at radius 3 is 2.06 bits per heavy atom. The highest BCUT2D eigenvalue weighted by Gasteiger charge is 2.44. The van der Waals surface area contributed by atoms with Gasteiger partial charge in [0.05, 0.1) is 28.3 Å². The van der Waals surface area contributed by atoms with E-state index in [0.29, 0.717) is 35.8 Å². The summed E-state index contributed by atoms with van der Waals surface area (Å²) in [5, 5.41) is 9.23. The van der Waals surface area contributed by atoms with Gasteiger partial charge in [-0.05, 0) is 102 Å². The molecule has 3 aromatic carbocycles. The maximum absolute atomic E-state index is 15.5. The molecule has 1 aliphatic carbocycles. The zero-order valence-corrected chi connectivity index (χ0v) is 26.6. The van der Waals surface area contributed by atoms with Crippen LogP contribution in [0.4, 0.5) is 48.7 Å². The average Bonchev–Trinajstić information content (AvgIpc) is 3.28. The number of rotatable bonds is 6. The number of hydrogen-bond acceptors (Lipinski definition) is 3. The molecule has 3 aromatic rings. The first kappa shape index (κ1) is 36.7. The normalized spacial score (nSPS) is 19.9. The fourth-order valence-corrected chi connectivity index (χ4v) is 6.49. The molecule has 0 bridgehead atoms. The molecular weight excluding hydrogens is 688 g/mol. The van der Waals surface area contributed by atoms with Crippen molar-refractivity contribution in [3.8, 4) is 11.1 Å². The van der Waals surface area contributed by atoms with Gasteiger partial charge in [0, 0.05) is 12.1 Å². The van der Waals surface area contributed by atoms with Crippen molar-refractivity contribution in [2.24, 2.45) is 5.41 Å². The minimum atomic E-state index is -5.13. The smallest absolute Gasteiger partial charge is 0.417 e. The molecule has 0 aromatic heterocycles. The second-order valence-corrected chi connectivity index (χ2v) is 13.2. The zero-order valence-electron chi connectivity index (χ0n) is 26.6. The number of halogens is 10. The summed E-state index contributed by atoms with van der Waals surface area (Å²) in [4.78, 5) is 25.6. The van der Waals surface area contributed by atoms with E-state index in [1.807, 2.05) is 13.8 Å². The summed E-state index contributed by atoms with van der Waals surface area (Å²) in [7, 11) is 0. The number of nitrogens with zero attached hydrogens (tertiary/aromatic N) is 1. The van der Waals surface area contributed by atoms with Crippen molar-refractivity contribution in [2.75, 3.05) is 6.54 Å². The standard InChI is InChI=1S/C35H29F10NO4/c1-17-29(20-10-22(33(37,38)39)14-23(11-20)34(40,41)42)50-31(49)46(17)16-21-15-32(2,3)9-8-24(21)26-12-18(5-7-28(26)36)25-6-4-19(30(47)48)13-27(25)35(43,44)45/h4-7,10-14,17,29H,8-9,15-16H2,1-3H3,(H,47,48)/t17-,29-/m0/s1. The van der Waals surface area contributed by atoms with Crippen LogP contribution in [0.25, 0.3) is 16.7 Å². The SMILES string of the molecule is C[C@H]1[C@@H](c2cc(C(F)(F)F)cc(C(F)(F)F)c2)OC(=O)N1CC1=C(c2cc(-c3ccc(C(=O)O)cc3C(F)(F)F)ccc2F)CCC(C)(C)C1. The Kier molecular flexibility index (Phi) is 9.28. The summed E-state index contributed by atoms with van der Waals surface area (Å²) >= 11 is 0. The lowest BCUT2D eigenvalue weighted by Crippen LogP contribution is -2.35. The molecule has 1 saturated heterocycles. The molecule has 15 heteroatoms. The van der Waals surface area contributed by atoms with Crippen LogP contribution in [0.15, 0.2) is 60.2 Å². The summed E-state index contributed by atoms with van der Waals surface area (Å²) < 4.78 is 144. The van der Waals surface area contributed by atoms with E-state index in [-0.39, 0.29) is 36.6 Å². The number of carbonyl (C=O) groups excluding carboxylic acids is 1. The first-order valence-electron chi connectivity index (χ1n) is 15.2. The molecule has 1 fully saturated rings. The molecule has 0 unspecified atom stereocenters. The quantitative estimate of drug-likeness (QED) is 0.258. The van der Waals surface area contributed by atoms with E-state index < -0.39 is 87.4 Å². The third-order valence-corrected chi connectivity index (χ3v) is 9.04. The van der Waals surface area contributed by atoms with Gasteiger partial charge in [-0.15, -0.1) is 0 Å². The summed E-state index contributed by atoms with van der Waals surface area (Å²) in [5.74, 6) is -2.37. The van der Waals surface area contributed by atoms with Crippen LogP contribution in [0.1, 0.15) is 84.3 Å². The molecular formula is C35H29F10NO4. The number of allylic oxidation sites excluding steroid dienone is 1. The number of benzene rings is 3. The Morgan fingerprint density at radius 1 is 0.880 bits per heavy atom. The molecule has 1 N–H and O–H groups in total. The van der Waals surface area contributed by atoms with Gasteiger partial charge >= 0.3 is 30.6 Å². The van der Waals surface area contributed by atoms with Gasteiger partial charge in [0.25, 0.3) is 0 Å². The number of hydrogen-bond donors (Lipinski definition) is 1. The molecule has 5 nitrogen and oxygen atoms in total. The largest absolute Gasteiger partial charge is 0.478 e. The first-order chi connectivity index (χ1) is 23.0. The Hall–Kier alpha value is -4.56. The number of carboxylic acid groups (broad SMARTS) is 1. The number of carboxylic acids is 1. The Labute approximate surface area is 279 Å².